The molecule has 0 N–H and O–H groups in total. The summed E-state index contributed by atoms with van der Waals surface area (Å²) in [5.41, 5.74) is 0.587. The van der Waals surface area contributed by atoms with Gasteiger partial charge in [-0.3, -0.25) is 10.1 Å². The number of benzene rings is 1. The van der Waals surface area contributed by atoms with Gasteiger partial charge in [0.1, 0.15) is 5.75 Å². The summed E-state index contributed by atoms with van der Waals surface area (Å²) in [6.07, 6.45) is 0. The smallest absolute Gasteiger partial charge is 0.329 e. The van der Waals surface area contributed by atoms with E-state index in [-0.39, 0.29) is 28.7 Å². The number of methoxy groups -OCH3 is 1. The molecule has 0 aliphatic heterocycles. The zero-order valence-corrected chi connectivity index (χ0v) is 11.3. The van der Waals surface area contributed by atoms with Gasteiger partial charge in [0.2, 0.25) is 5.28 Å². The summed E-state index contributed by atoms with van der Waals surface area (Å²) in [4.78, 5) is 21.5. The fraction of sp³-hybridized carbons (Fsp3) is 0.182. The van der Waals surface area contributed by atoms with Crippen LogP contribution in [0.1, 0.15) is 5.56 Å². The molecule has 1 aromatic heterocycles. The molecule has 1 heterocycles. The summed E-state index contributed by atoms with van der Waals surface area (Å²) in [6.45, 7) is 1.74. The van der Waals surface area contributed by atoms with Crippen LogP contribution in [0.4, 0.5) is 5.69 Å². The van der Waals surface area contributed by atoms with Crippen LogP contribution in [0.3, 0.4) is 0 Å². The Morgan fingerprint density at radius 3 is 2.60 bits per heavy atom. The Bertz CT molecular complexity index is 665. The van der Waals surface area contributed by atoms with Gasteiger partial charge in [-0.1, -0.05) is 0 Å². The van der Waals surface area contributed by atoms with Gasteiger partial charge in [0, 0.05) is 6.07 Å². The highest BCUT2D eigenvalue weighted by Gasteiger charge is 2.13. The van der Waals surface area contributed by atoms with Crippen molar-refractivity contribution in [2.24, 2.45) is 0 Å². The second-order valence-electron chi connectivity index (χ2n) is 3.68. The molecular weight excluding hydrogens is 288 g/mol. The van der Waals surface area contributed by atoms with Gasteiger partial charge in [0.05, 0.1) is 18.1 Å². The zero-order valence-electron chi connectivity index (χ0n) is 10.5. The fourth-order valence-corrected chi connectivity index (χ4v) is 1.51. The van der Waals surface area contributed by atoms with Gasteiger partial charge < -0.3 is 9.47 Å². The predicted octanol–water partition coefficient (Wildman–Crippen LogP) is 2.54. The number of ether oxygens (including phenoxy) is 2. The summed E-state index contributed by atoms with van der Waals surface area (Å²) < 4.78 is 10.2. The minimum absolute atomic E-state index is 0.0110. The quantitative estimate of drug-likeness (QED) is 0.631. The largest absolute Gasteiger partial charge is 0.467 e. The molecule has 0 spiro atoms. The normalized spacial score (nSPS) is 10.2. The third-order valence-electron chi connectivity index (χ3n) is 2.33. The summed E-state index contributed by atoms with van der Waals surface area (Å²) in [6, 6.07) is 4.10. The van der Waals surface area contributed by atoms with Crippen molar-refractivity contribution in [3.8, 4) is 17.8 Å². The first kappa shape index (κ1) is 13.9. The highest BCUT2D eigenvalue weighted by Crippen LogP contribution is 2.28. The van der Waals surface area contributed by atoms with Crippen LogP contribution in [0, 0.1) is 17.0 Å². The Morgan fingerprint density at radius 2 is 1.95 bits per heavy atom. The first-order chi connectivity index (χ1) is 9.49. The van der Waals surface area contributed by atoms with E-state index in [2.05, 4.69) is 15.0 Å². The molecule has 104 valence electrons. The van der Waals surface area contributed by atoms with E-state index in [1.807, 2.05) is 0 Å². The number of nitrogens with zero attached hydrogens (tertiary/aromatic N) is 4. The number of aromatic nitrogens is 3. The van der Waals surface area contributed by atoms with E-state index < -0.39 is 4.92 Å². The number of rotatable bonds is 4. The number of hydrogen-bond acceptors (Lipinski definition) is 7. The highest BCUT2D eigenvalue weighted by atomic mass is 35.5. The molecule has 0 fully saturated rings. The molecule has 20 heavy (non-hydrogen) atoms. The van der Waals surface area contributed by atoms with Crippen molar-refractivity contribution in [1.82, 2.24) is 15.0 Å². The monoisotopic (exact) mass is 296 g/mol. The molecule has 0 saturated carbocycles. The second-order valence-corrected chi connectivity index (χ2v) is 4.02. The summed E-state index contributed by atoms with van der Waals surface area (Å²) in [5, 5.41) is 10.6. The lowest BCUT2D eigenvalue weighted by Crippen LogP contribution is -1.99. The van der Waals surface area contributed by atoms with Crippen molar-refractivity contribution in [3.05, 3.63) is 39.2 Å². The maximum atomic E-state index is 10.7. The van der Waals surface area contributed by atoms with Gasteiger partial charge in [-0.05, 0) is 30.2 Å². The minimum Gasteiger partial charge on any atom is -0.467 e. The van der Waals surface area contributed by atoms with Gasteiger partial charge in [0.25, 0.3) is 5.69 Å². The van der Waals surface area contributed by atoms with Crippen molar-refractivity contribution >= 4 is 17.3 Å². The zero-order chi connectivity index (χ0) is 14.7. The van der Waals surface area contributed by atoms with E-state index >= 15 is 0 Å². The van der Waals surface area contributed by atoms with Gasteiger partial charge in [-0.2, -0.15) is 9.97 Å². The van der Waals surface area contributed by atoms with Crippen LogP contribution in [0.15, 0.2) is 18.2 Å². The molecule has 0 aliphatic carbocycles. The summed E-state index contributed by atoms with van der Waals surface area (Å²) in [7, 11) is 1.37. The number of nitro benzene ring substituents is 1. The summed E-state index contributed by atoms with van der Waals surface area (Å²) >= 11 is 5.69. The molecule has 2 aromatic rings. The third-order valence-corrected chi connectivity index (χ3v) is 2.50. The SMILES string of the molecule is COc1nc(Cl)nc(Oc2cc([N+](=O)[O-])ccc2C)n1. The van der Waals surface area contributed by atoms with Crippen LogP contribution in [0.2, 0.25) is 5.28 Å². The van der Waals surface area contributed by atoms with E-state index in [1.165, 1.54) is 19.2 Å². The first-order valence-electron chi connectivity index (χ1n) is 5.38. The minimum atomic E-state index is -0.521. The lowest BCUT2D eigenvalue weighted by Gasteiger charge is -2.07. The van der Waals surface area contributed by atoms with Crippen LogP contribution < -0.4 is 9.47 Å². The average Bonchev–Trinajstić information content (AvgIpc) is 2.40. The van der Waals surface area contributed by atoms with Crippen molar-refractivity contribution < 1.29 is 14.4 Å². The fourth-order valence-electron chi connectivity index (χ4n) is 1.36. The van der Waals surface area contributed by atoms with Crippen LogP contribution in [-0.2, 0) is 0 Å². The van der Waals surface area contributed by atoms with E-state index in [1.54, 1.807) is 13.0 Å². The number of nitro groups is 1. The first-order valence-corrected chi connectivity index (χ1v) is 5.76. The van der Waals surface area contributed by atoms with E-state index in [0.29, 0.717) is 5.56 Å². The average molecular weight is 297 g/mol. The molecule has 0 saturated heterocycles. The van der Waals surface area contributed by atoms with Crippen LogP contribution in [0.5, 0.6) is 17.8 Å². The number of hydrogen-bond donors (Lipinski definition) is 0. The van der Waals surface area contributed by atoms with Crippen molar-refractivity contribution in [1.29, 1.82) is 0 Å². The van der Waals surface area contributed by atoms with Crippen molar-refractivity contribution in [2.75, 3.05) is 7.11 Å². The molecule has 0 amide bonds. The molecule has 0 atom stereocenters. The Morgan fingerprint density at radius 1 is 1.25 bits per heavy atom. The van der Waals surface area contributed by atoms with Gasteiger partial charge in [-0.25, -0.2) is 0 Å². The third kappa shape index (κ3) is 3.09. The van der Waals surface area contributed by atoms with Crippen LogP contribution in [0.25, 0.3) is 0 Å². The maximum Gasteiger partial charge on any atom is 0.329 e. The Balaban J connectivity index is 2.36. The number of aryl methyl sites for hydroxylation is 1. The molecule has 0 radical (unpaired) electrons. The van der Waals surface area contributed by atoms with Crippen molar-refractivity contribution in [3.63, 3.8) is 0 Å². The molecule has 0 aliphatic rings. The molecule has 1 aromatic carbocycles. The van der Waals surface area contributed by atoms with E-state index in [4.69, 9.17) is 21.1 Å². The second kappa shape index (κ2) is 5.66. The molecule has 8 nitrogen and oxygen atoms in total. The van der Waals surface area contributed by atoms with Crippen LogP contribution in [-0.4, -0.2) is 27.0 Å². The summed E-state index contributed by atoms with van der Waals surface area (Å²) in [5.74, 6) is 0.253. The number of halogens is 1. The topological polar surface area (TPSA) is 100 Å². The highest BCUT2D eigenvalue weighted by molar-refractivity contribution is 6.28. The predicted molar refractivity (Wildman–Crippen MR) is 69.3 cm³/mol. The van der Waals surface area contributed by atoms with E-state index in [0.717, 1.165) is 0 Å². The Labute approximate surface area is 118 Å². The van der Waals surface area contributed by atoms with Crippen molar-refractivity contribution in [2.45, 2.75) is 6.92 Å². The molecule has 9 heteroatoms. The van der Waals surface area contributed by atoms with Gasteiger partial charge in [0.15, 0.2) is 0 Å². The standard InChI is InChI=1S/C11H9ClN4O4/c1-6-3-4-7(16(17)18)5-8(6)20-11-14-9(12)13-10(15-11)19-2/h3-5H,1-2H3. The maximum absolute atomic E-state index is 10.7. The Hall–Kier alpha value is -2.48. The molecule has 0 bridgehead atoms. The lowest BCUT2D eigenvalue weighted by atomic mass is 10.2. The van der Waals surface area contributed by atoms with E-state index in [9.17, 15) is 10.1 Å². The van der Waals surface area contributed by atoms with Gasteiger partial charge >= 0.3 is 12.0 Å². The lowest BCUT2D eigenvalue weighted by molar-refractivity contribution is -0.384. The molecular formula is C11H9ClN4O4. The van der Waals surface area contributed by atoms with Crippen LogP contribution >= 0.6 is 11.6 Å². The Kier molecular flexibility index (Phi) is 3.94. The number of non-ortho nitro benzene ring substituents is 1. The molecule has 2 rings (SSSR count). The van der Waals surface area contributed by atoms with Gasteiger partial charge in [-0.15, -0.1) is 4.98 Å². The molecule has 0 unspecified atom stereocenters.